The molecular formula is C17H18N2O4S. The van der Waals surface area contributed by atoms with Crippen LogP contribution < -0.4 is 19.1 Å². The smallest absolute Gasteiger partial charge is 0.244 e. The number of nitrogens with one attached hydrogen (secondary N) is 1. The number of nitrogens with zero attached hydrogens (tertiary/aromatic N) is 1. The third-order valence-corrected chi connectivity index (χ3v) is 5.84. The monoisotopic (exact) mass is 346 g/mol. The molecule has 0 bridgehead atoms. The first kappa shape index (κ1) is 15.3. The Morgan fingerprint density at radius 3 is 2.75 bits per heavy atom. The summed E-state index contributed by atoms with van der Waals surface area (Å²) < 4.78 is 38.7. The van der Waals surface area contributed by atoms with Gasteiger partial charge in [0.05, 0.1) is 19.0 Å². The minimum Gasteiger partial charge on any atom is -0.497 e. The van der Waals surface area contributed by atoms with Gasteiger partial charge in [0.15, 0.2) is 0 Å². The van der Waals surface area contributed by atoms with Gasteiger partial charge in [0, 0.05) is 18.7 Å². The standard InChI is InChI=1S/C17H18N2O4S/c1-22-12-4-2-5-13(10-12)23-14-7-8-15-16(11-14)24(20,21)18-17-6-3-9-19(15)17/h2,4-5,7-8,10-11,17-18H,3,6,9H2,1H3. The fourth-order valence-corrected chi connectivity index (χ4v) is 4.69. The van der Waals surface area contributed by atoms with Crippen LogP contribution in [0.4, 0.5) is 5.69 Å². The van der Waals surface area contributed by atoms with Gasteiger partial charge in [-0.1, -0.05) is 6.07 Å². The summed E-state index contributed by atoms with van der Waals surface area (Å²) in [5, 5.41) is 0. The van der Waals surface area contributed by atoms with Gasteiger partial charge in [-0.25, -0.2) is 8.42 Å². The molecule has 126 valence electrons. The van der Waals surface area contributed by atoms with Crippen molar-refractivity contribution in [3.8, 4) is 17.2 Å². The van der Waals surface area contributed by atoms with E-state index in [-0.39, 0.29) is 11.1 Å². The SMILES string of the molecule is COc1cccc(Oc2ccc3c(c2)S(=O)(=O)NC2CCCN32)c1. The lowest BCUT2D eigenvalue weighted by molar-refractivity contribution is 0.409. The van der Waals surface area contributed by atoms with Crippen LogP contribution in [0.1, 0.15) is 12.8 Å². The van der Waals surface area contributed by atoms with Gasteiger partial charge in [-0.2, -0.15) is 4.72 Å². The van der Waals surface area contributed by atoms with Crippen LogP contribution in [0.3, 0.4) is 0 Å². The van der Waals surface area contributed by atoms with Crippen molar-refractivity contribution in [2.24, 2.45) is 0 Å². The Labute approximate surface area is 141 Å². The summed E-state index contributed by atoms with van der Waals surface area (Å²) in [7, 11) is -1.93. The molecule has 1 atom stereocenters. The summed E-state index contributed by atoms with van der Waals surface area (Å²) in [5.74, 6) is 1.75. The second kappa shape index (κ2) is 5.68. The molecule has 2 heterocycles. The molecule has 2 aliphatic heterocycles. The van der Waals surface area contributed by atoms with E-state index in [2.05, 4.69) is 9.62 Å². The van der Waals surface area contributed by atoms with Crippen LogP contribution in [0.15, 0.2) is 47.4 Å². The lowest BCUT2D eigenvalue weighted by Gasteiger charge is -2.33. The Morgan fingerprint density at radius 1 is 1.12 bits per heavy atom. The second-order valence-electron chi connectivity index (χ2n) is 5.88. The van der Waals surface area contributed by atoms with E-state index in [1.54, 1.807) is 31.4 Å². The highest BCUT2D eigenvalue weighted by Gasteiger charge is 2.37. The second-order valence-corrected chi connectivity index (χ2v) is 7.57. The van der Waals surface area contributed by atoms with E-state index in [9.17, 15) is 8.42 Å². The first-order chi connectivity index (χ1) is 11.6. The summed E-state index contributed by atoms with van der Waals surface area (Å²) in [6, 6.07) is 12.4. The first-order valence-corrected chi connectivity index (χ1v) is 9.30. The summed E-state index contributed by atoms with van der Waals surface area (Å²) >= 11 is 0. The van der Waals surface area contributed by atoms with Gasteiger partial charge in [0.2, 0.25) is 10.0 Å². The molecule has 6 nitrogen and oxygen atoms in total. The number of hydrogen-bond acceptors (Lipinski definition) is 5. The van der Waals surface area contributed by atoms with Crippen LogP contribution in [0, 0.1) is 0 Å². The Kier molecular flexibility index (Phi) is 3.62. The van der Waals surface area contributed by atoms with E-state index in [0.29, 0.717) is 17.2 Å². The highest BCUT2D eigenvalue weighted by Crippen LogP contribution is 2.38. The normalized spacial score (nSPS) is 21.0. The molecule has 7 heteroatoms. The van der Waals surface area contributed by atoms with E-state index >= 15 is 0 Å². The maximum atomic E-state index is 12.5. The summed E-state index contributed by atoms with van der Waals surface area (Å²) in [4.78, 5) is 2.37. The van der Waals surface area contributed by atoms with Crippen LogP contribution in [0.25, 0.3) is 0 Å². The van der Waals surface area contributed by atoms with Gasteiger partial charge in [-0.05, 0) is 37.1 Å². The molecule has 0 spiro atoms. The number of benzene rings is 2. The van der Waals surface area contributed by atoms with Crippen LogP contribution >= 0.6 is 0 Å². The van der Waals surface area contributed by atoms with E-state index in [1.807, 2.05) is 18.2 Å². The number of fused-ring (bicyclic) bond motifs is 3. The highest BCUT2D eigenvalue weighted by molar-refractivity contribution is 7.89. The molecule has 4 rings (SSSR count). The predicted molar refractivity (Wildman–Crippen MR) is 90.2 cm³/mol. The van der Waals surface area contributed by atoms with E-state index in [0.717, 1.165) is 25.1 Å². The highest BCUT2D eigenvalue weighted by atomic mass is 32.2. The van der Waals surface area contributed by atoms with Gasteiger partial charge in [-0.15, -0.1) is 0 Å². The van der Waals surface area contributed by atoms with Crippen LogP contribution in [0.5, 0.6) is 17.2 Å². The number of rotatable bonds is 3. The molecule has 0 amide bonds. The number of ether oxygens (including phenoxy) is 2. The van der Waals surface area contributed by atoms with Crippen LogP contribution in [-0.2, 0) is 10.0 Å². The number of hydrogen-bond donors (Lipinski definition) is 1. The zero-order valence-electron chi connectivity index (χ0n) is 13.2. The van der Waals surface area contributed by atoms with E-state index in [1.165, 1.54) is 0 Å². The van der Waals surface area contributed by atoms with Crippen molar-refractivity contribution in [3.05, 3.63) is 42.5 Å². The lowest BCUT2D eigenvalue weighted by Crippen LogP contribution is -2.48. The fraction of sp³-hybridized carbons (Fsp3) is 0.294. The average molecular weight is 346 g/mol. The Bertz CT molecular complexity index is 882. The molecule has 2 aliphatic rings. The number of anilines is 1. The van der Waals surface area contributed by atoms with Crippen molar-refractivity contribution in [2.75, 3.05) is 18.6 Å². The maximum Gasteiger partial charge on any atom is 0.244 e. The molecular weight excluding hydrogens is 328 g/mol. The minimum absolute atomic E-state index is 0.132. The van der Waals surface area contributed by atoms with Crippen LogP contribution in [-0.4, -0.2) is 28.2 Å². The van der Waals surface area contributed by atoms with Gasteiger partial charge >= 0.3 is 0 Å². The van der Waals surface area contributed by atoms with Crippen molar-refractivity contribution in [1.82, 2.24) is 4.72 Å². The van der Waals surface area contributed by atoms with Gasteiger partial charge in [-0.3, -0.25) is 0 Å². The predicted octanol–water partition coefficient (Wildman–Crippen LogP) is 2.71. The maximum absolute atomic E-state index is 12.5. The van der Waals surface area contributed by atoms with E-state index in [4.69, 9.17) is 9.47 Å². The fourth-order valence-electron chi connectivity index (χ4n) is 3.23. The molecule has 2 aromatic carbocycles. The van der Waals surface area contributed by atoms with Gasteiger partial charge in [0.1, 0.15) is 22.1 Å². The van der Waals surface area contributed by atoms with Crippen molar-refractivity contribution >= 4 is 15.7 Å². The largest absolute Gasteiger partial charge is 0.497 e. The van der Waals surface area contributed by atoms with Crippen molar-refractivity contribution in [3.63, 3.8) is 0 Å². The lowest BCUT2D eigenvalue weighted by atomic mass is 10.2. The molecule has 0 radical (unpaired) electrons. The molecule has 24 heavy (non-hydrogen) atoms. The zero-order chi connectivity index (χ0) is 16.7. The molecule has 2 aromatic rings. The zero-order valence-corrected chi connectivity index (χ0v) is 14.0. The average Bonchev–Trinajstić information content (AvgIpc) is 3.02. The quantitative estimate of drug-likeness (QED) is 0.925. The Balaban J connectivity index is 1.70. The molecule has 1 fully saturated rings. The Morgan fingerprint density at radius 2 is 1.92 bits per heavy atom. The molecule has 1 saturated heterocycles. The van der Waals surface area contributed by atoms with Gasteiger partial charge < -0.3 is 14.4 Å². The molecule has 0 saturated carbocycles. The van der Waals surface area contributed by atoms with Crippen molar-refractivity contribution in [2.45, 2.75) is 23.9 Å². The number of sulfonamides is 1. The Hall–Kier alpha value is -2.25. The third-order valence-electron chi connectivity index (χ3n) is 4.35. The first-order valence-electron chi connectivity index (χ1n) is 7.82. The van der Waals surface area contributed by atoms with Gasteiger partial charge in [0.25, 0.3) is 0 Å². The topological polar surface area (TPSA) is 67.9 Å². The summed E-state index contributed by atoms with van der Waals surface area (Å²) in [6.45, 7) is 0.857. The molecule has 0 aliphatic carbocycles. The van der Waals surface area contributed by atoms with Crippen molar-refractivity contribution < 1.29 is 17.9 Å². The molecule has 1 N–H and O–H groups in total. The van der Waals surface area contributed by atoms with Crippen molar-refractivity contribution in [1.29, 1.82) is 0 Å². The number of methoxy groups -OCH3 is 1. The van der Waals surface area contributed by atoms with E-state index < -0.39 is 10.0 Å². The summed E-state index contributed by atoms with van der Waals surface area (Å²) in [5.41, 5.74) is 0.745. The third kappa shape index (κ3) is 2.59. The summed E-state index contributed by atoms with van der Waals surface area (Å²) in [6.07, 6.45) is 1.68. The molecule has 1 unspecified atom stereocenters. The molecule has 0 aromatic heterocycles. The minimum atomic E-state index is -3.52. The van der Waals surface area contributed by atoms with Crippen LogP contribution in [0.2, 0.25) is 0 Å².